The number of primary amides is 1. The quantitative estimate of drug-likeness (QED) is 0.839. The molecular formula is C15H22N2O3. The third kappa shape index (κ3) is 5.73. The molecule has 1 aromatic carbocycles. The van der Waals surface area contributed by atoms with E-state index in [-0.39, 0.29) is 18.4 Å². The molecule has 1 aromatic rings. The van der Waals surface area contributed by atoms with Gasteiger partial charge in [0.25, 0.3) is 0 Å². The Bertz CT molecular complexity index is 457. The summed E-state index contributed by atoms with van der Waals surface area (Å²) < 4.78 is 4.94. The lowest BCUT2D eigenvalue weighted by Crippen LogP contribution is -2.34. The predicted octanol–water partition coefficient (Wildman–Crippen LogP) is 2.52. The summed E-state index contributed by atoms with van der Waals surface area (Å²) in [5.41, 5.74) is 5.29. The van der Waals surface area contributed by atoms with Gasteiger partial charge in [-0.1, -0.05) is 30.3 Å². The Balaban J connectivity index is 2.42. The number of hydrogen-bond acceptors (Lipinski definition) is 3. The summed E-state index contributed by atoms with van der Waals surface area (Å²) >= 11 is 0. The molecule has 0 aliphatic heterocycles. The van der Waals surface area contributed by atoms with Gasteiger partial charge in [-0.25, -0.2) is 4.79 Å². The molecule has 0 aromatic heterocycles. The van der Waals surface area contributed by atoms with Crippen molar-refractivity contribution in [1.82, 2.24) is 5.32 Å². The van der Waals surface area contributed by atoms with Gasteiger partial charge < -0.3 is 15.8 Å². The molecule has 110 valence electrons. The smallest absolute Gasteiger partial charge is 0.405 e. The highest BCUT2D eigenvalue weighted by molar-refractivity contribution is 5.76. The minimum absolute atomic E-state index is 0.0520. The summed E-state index contributed by atoms with van der Waals surface area (Å²) in [7, 11) is 0. The van der Waals surface area contributed by atoms with Crippen LogP contribution in [0.4, 0.5) is 4.79 Å². The predicted molar refractivity (Wildman–Crippen MR) is 77.0 cm³/mol. The molecule has 1 rings (SSSR count). The van der Waals surface area contributed by atoms with Gasteiger partial charge in [0, 0.05) is 6.42 Å². The largest absolute Gasteiger partial charge is 0.444 e. The topological polar surface area (TPSA) is 81.4 Å². The molecule has 0 saturated heterocycles. The van der Waals surface area contributed by atoms with E-state index in [1.54, 1.807) is 13.8 Å². The van der Waals surface area contributed by atoms with Crippen LogP contribution in [0, 0.1) is 0 Å². The van der Waals surface area contributed by atoms with Crippen molar-refractivity contribution in [3.63, 3.8) is 0 Å². The van der Waals surface area contributed by atoms with Gasteiger partial charge in [0.1, 0.15) is 5.60 Å². The average molecular weight is 278 g/mol. The third-order valence-electron chi connectivity index (χ3n) is 3.01. The van der Waals surface area contributed by atoms with Crippen molar-refractivity contribution >= 4 is 12.0 Å². The molecule has 20 heavy (non-hydrogen) atoms. The van der Waals surface area contributed by atoms with Crippen LogP contribution in [-0.4, -0.2) is 17.6 Å². The van der Waals surface area contributed by atoms with E-state index in [1.807, 2.05) is 37.3 Å². The van der Waals surface area contributed by atoms with Gasteiger partial charge in [0.2, 0.25) is 5.91 Å². The van der Waals surface area contributed by atoms with Gasteiger partial charge in [0.15, 0.2) is 0 Å². The lowest BCUT2D eigenvalue weighted by molar-refractivity contribution is -0.122. The van der Waals surface area contributed by atoms with Crippen LogP contribution < -0.4 is 11.1 Å². The Kier molecular flexibility index (Phi) is 5.55. The maximum Gasteiger partial charge on any atom is 0.405 e. The fraction of sp³-hybridized carbons (Fsp3) is 0.467. The van der Waals surface area contributed by atoms with E-state index in [0.29, 0.717) is 6.42 Å². The summed E-state index contributed by atoms with van der Waals surface area (Å²) in [6.07, 6.45) is -0.131. The van der Waals surface area contributed by atoms with Crippen LogP contribution in [-0.2, 0) is 9.53 Å². The van der Waals surface area contributed by atoms with Crippen LogP contribution in [0.25, 0.3) is 0 Å². The maximum absolute atomic E-state index is 11.9. The number of carbonyl (C=O) groups is 2. The zero-order chi connectivity index (χ0) is 15.2. The first-order valence-corrected chi connectivity index (χ1v) is 6.63. The third-order valence-corrected chi connectivity index (χ3v) is 3.01. The Labute approximate surface area is 119 Å². The molecule has 3 N–H and O–H groups in total. The highest BCUT2D eigenvalue weighted by Crippen LogP contribution is 2.17. The SMILES string of the molecule is CC(NC(=O)CCC(C)(C)OC(N)=O)c1ccccc1. The minimum Gasteiger partial charge on any atom is -0.444 e. The summed E-state index contributed by atoms with van der Waals surface area (Å²) in [5.74, 6) is -0.0810. The second-order valence-corrected chi connectivity index (χ2v) is 5.38. The molecule has 0 saturated carbocycles. The number of benzene rings is 1. The van der Waals surface area contributed by atoms with E-state index in [0.717, 1.165) is 5.56 Å². The Morgan fingerprint density at radius 2 is 1.90 bits per heavy atom. The number of rotatable bonds is 6. The first kappa shape index (κ1) is 16.0. The molecule has 1 unspecified atom stereocenters. The average Bonchev–Trinajstić information content (AvgIpc) is 2.36. The zero-order valence-electron chi connectivity index (χ0n) is 12.2. The van der Waals surface area contributed by atoms with Crippen LogP contribution in [0.2, 0.25) is 0 Å². The summed E-state index contributed by atoms with van der Waals surface area (Å²) in [6, 6.07) is 9.67. The van der Waals surface area contributed by atoms with Crippen LogP contribution in [0.5, 0.6) is 0 Å². The molecule has 0 radical (unpaired) electrons. The standard InChI is InChI=1S/C15H22N2O3/c1-11(12-7-5-4-6-8-12)17-13(18)9-10-15(2,3)20-14(16)19/h4-8,11H,9-10H2,1-3H3,(H2,16,19)(H,17,18). The van der Waals surface area contributed by atoms with Crippen LogP contribution >= 0.6 is 0 Å². The lowest BCUT2D eigenvalue weighted by atomic mass is 10.0. The summed E-state index contributed by atoms with van der Waals surface area (Å²) in [6.45, 7) is 5.38. The molecule has 0 heterocycles. The summed E-state index contributed by atoms with van der Waals surface area (Å²) in [4.78, 5) is 22.6. The highest BCUT2D eigenvalue weighted by atomic mass is 16.6. The summed E-state index contributed by atoms with van der Waals surface area (Å²) in [5, 5.41) is 2.91. The monoisotopic (exact) mass is 278 g/mol. The molecule has 5 nitrogen and oxygen atoms in total. The van der Waals surface area contributed by atoms with Crippen molar-refractivity contribution < 1.29 is 14.3 Å². The van der Waals surface area contributed by atoms with Crippen molar-refractivity contribution in [2.45, 2.75) is 45.3 Å². The van der Waals surface area contributed by atoms with Crippen molar-refractivity contribution in [3.05, 3.63) is 35.9 Å². The number of carbonyl (C=O) groups excluding carboxylic acids is 2. The number of nitrogens with one attached hydrogen (secondary N) is 1. The Morgan fingerprint density at radius 3 is 2.45 bits per heavy atom. The molecular weight excluding hydrogens is 256 g/mol. The Morgan fingerprint density at radius 1 is 1.30 bits per heavy atom. The molecule has 0 aliphatic rings. The second kappa shape index (κ2) is 6.93. The van der Waals surface area contributed by atoms with Gasteiger partial charge in [-0.05, 0) is 32.8 Å². The van der Waals surface area contributed by atoms with Crippen LogP contribution in [0.15, 0.2) is 30.3 Å². The number of hydrogen-bond donors (Lipinski definition) is 2. The van der Waals surface area contributed by atoms with Gasteiger partial charge in [-0.3, -0.25) is 4.79 Å². The highest BCUT2D eigenvalue weighted by Gasteiger charge is 2.23. The minimum atomic E-state index is -0.826. The van der Waals surface area contributed by atoms with E-state index in [4.69, 9.17) is 10.5 Å². The van der Waals surface area contributed by atoms with Gasteiger partial charge >= 0.3 is 6.09 Å². The van der Waals surface area contributed by atoms with Gasteiger partial charge in [-0.15, -0.1) is 0 Å². The van der Waals surface area contributed by atoms with Gasteiger partial charge in [-0.2, -0.15) is 0 Å². The molecule has 0 fully saturated rings. The first-order valence-electron chi connectivity index (χ1n) is 6.63. The molecule has 0 spiro atoms. The number of amides is 2. The van der Waals surface area contributed by atoms with E-state index >= 15 is 0 Å². The fourth-order valence-electron chi connectivity index (χ4n) is 1.88. The zero-order valence-corrected chi connectivity index (χ0v) is 12.2. The molecule has 2 amide bonds. The van der Waals surface area contributed by atoms with E-state index in [2.05, 4.69) is 5.32 Å². The second-order valence-electron chi connectivity index (χ2n) is 5.38. The van der Waals surface area contributed by atoms with Crippen LogP contribution in [0.3, 0.4) is 0 Å². The van der Waals surface area contributed by atoms with Crippen LogP contribution in [0.1, 0.15) is 45.2 Å². The van der Waals surface area contributed by atoms with Crippen molar-refractivity contribution in [3.8, 4) is 0 Å². The first-order chi connectivity index (χ1) is 9.30. The van der Waals surface area contributed by atoms with E-state index < -0.39 is 11.7 Å². The van der Waals surface area contributed by atoms with Crippen molar-refractivity contribution in [1.29, 1.82) is 0 Å². The molecule has 0 bridgehead atoms. The fourth-order valence-corrected chi connectivity index (χ4v) is 1.88. The van der Waals surface area contributed by atoms with E-state index in [1.165, 1.54) is 0 Å². The van der Waals surface area contributed by atoms with Gasteiger partial charge in [0.05, 0.1) is 6.04 Å². The van der Waals surface area contributed by atoms with Crippen molar-refractivity contribution in [2.75, 3.05) is 0 Å². The Hall–Kier alpha value is -2.04. The normalized spacial score (nSPS) is 12.6. The van der Waals surface area contributed by atoms with Crippen molar-refractivity contribution in [2.24, 2.45) is 5.73 Å². The molecule has 1 atom stereocenters. The lowest BCUT2D eigenvalue weighted by Gasteiger charge is -2.24. The molecule has 0 aliphatic carbocycles. The number of ether oxygens (including phenoxy) is 1. The molecule has 5 heteroatoms. The number of nitrogens with two attached hydrogens (primary N) is 1. The van der Waals surface area contributed by atoms with E-state index in [9.17, 15) is 9.59 Å². The maximum atomic E-state index is 11.9.